The third kappa shape index (κ3) is 17.5. The van der Waals surface area contributed by atoms with E-state index in [0.717, 1.165) is 120 Å². The molecule has 0 aliphatic carbocycles. The van der Waals surface area contributed by atoms with Gasteiger partial charge in [-0.1, -0.05) is 6.92 Å². The molecule has 3 aliphatic rings. The van der Waals surface area contributed by atoms with Gasteiger partial charge in [-0.05, 0) is 120 Å². The summed E-state index contributed by atoms with van der Waals surface area (Å²) >= 11 is 0. The number of hydrogen-bond donors (Lipinski definition) is 9. The number of carbonyl (C=O) groups is 3. The maximum Gasteiger partial charge on any atom is 0.262 e. The summed E-state index contributed by atoms with van der Waals surface area (Å²) in [5.41, 5.74) is 6.37. The van der Waals surface area contributed by atoms with Crippen LogP contribution in [0.4, 0.5) is 78.1 Å². The molecule has 15 rings (SSSR count). The van der Waals surface area contributed by atoms with Crippen molar-refractivity contribution in [2.75, 3.05) is 150 Å². The summed E-state index contributed by atoms with van der Waals surface area (Å²) in [7, 11) is 6.62. The van der Waals surface area contributed by atoms with Crippen LogP contribution < -0.4 is 60.8 Å². The van der Waals surface area contributed by atoms with E-state index < -0.39 is 69.9 Å². The minimum atomic E-state index is -0.772. The van der Waals surface area contributed by atoms with Crippen molar-refractivity contribution in [3.63, 3.8) is 0 Å². The highest BCUT2D eigenvalue weighted by Gasteiger charge is 2.30. The number of nitrogens with one attached hydrogen (secondary N) is 9. The Kier molecular flexibility index (Phi) is 24.0. The maximum atomic E-state index is 15.3. The fourth-order valence-corrected chi connectivity index (χ4v) is 13.2. The zero-order valence-corrected chi connectivity index (χ0v) is 63.5. The molecule has 3 saturated heterocycles. The standard InChI is InChI=1S/C27H29F2N7O2.C26H28F2N8O2.C26H27F2N7O2/c1-4-35-9-11-36(12-10-35)18-7-5-17(6-8-18)34-25-22(26(37)30-3)27(32-15-31-25)38-21-14-20(28)24-19(23(21)29)13-16(2)33-24;1-4-35(3)26(37)21-24(34-20-6-5-16(13-30-20)36-9-7-29-8-10-36)31-14-32-25(21)38-19-12-18(27)23-17(22(19)28)11-15(2)33-23;1-15-12-18-22(28)20(13-19(27)23(18)32-15)37-26-21(25(36)29-2)24(30-14-31-26)33-16-4-6-17(7-5-16)35-10-8-34(3)9-11-35/h5-8,13-15,33H,4,9-12H2,1-3H3,(H,30,37)(H,31,32,34);5-6,11-14,29,33H,4,7-10H2,1-3H3,(H,30,31,32,34);4-7,12-14,32H,8-11H2,1-3H3,(H,29,36)(H,30,31,33). The van der Waals surface area contributed by atoms with Crippen LogP contribution in [0.25, 0.3) is 32.7 Å². The first-order valence-electron chi connectivity index (χ1n) is 36.6. The third-order valence-electron chi connectivity index (χ3n) is 19.5. The first-order valence-corrected chi connectivity index (χ1v) is 36.6. The van der Waals surface area contributed by atoms with Crippen molar-refractivity contribution in [2.24, 2.45) is 0 Å². The number of amides is 3. The Labute approximate surface area is 645 Å². The van der Waals surface area contributed by atoms with E-state index in [4.69, 9.17) is 14.2 Å². The van der Waals surface area contributed by atoms with Gasteiger partial charge in [0.2, 0.25) is 17.6 Å². The molecule has 3 aliphatic heterocycles. The predicted molar refractivity (Wildman–Crippen MR) is 421 cm³/mol. The van der Waals surface area contributed by atoms with Gasteiger partial charge in [0.05, 0.1) is 28.4 Å². The molecule has 12 aromatic rings. The molecule has 9 N–H and O–H groups in total. The van der Waals surface area contributed by atoms with Crippen LogP contribution in [-0.2, 0) is 0 Å². The Balaban J connectivity index is 0.000000148. The number of nitrogens with zero attached hydrogens (tertiary/aromatic N) is 13. The first-order chi connectivity index (χ1) is 54.6. The monoisotopic (exact) mass is 1550 g/mol. The van der Waals surface area contributed by atoms with Crippen LogP contribution in [0.1, 0.15) is 62.0 Å². The van der Waals surface area contributed by atoms with Crippen molar-refractivity contribution in [1.82, 2.24) is 80.5 Å². The van der Waals surface area contributed by atoms with E-state index in [2.05, 4.69) is 120 Å². The highest BCUT2D eigenvalue weighted by Crippen LogP contribution is 2.40. The van der Waals surface area contributed by atoms with Gasteiger partial charge in [0.1, 0.15) is 41.5 Å². The zero-order chi connectivity index (χ0) is 79.7. The molecule has 0 radical (unpaired) electrons. The van der Waals surface area contributed by atoms with Gasteiger partial charge in [-0.25, -0.2) is 61.2 Å². The lowest BCUT2D eigenvalue weighted by Gasteiger charge is -2.35. The Bertz CT molecular complexity index is 5440. The van der Waals surface area contributed by atoms with Crippen molar-refractivity contribution in [2.45, 2.75) is 34.6 Å². The van der Waals surface area contributed by atoms with Crippen LogP contribution in [-0.4, -0.2) is 202 Å². The minimum absolute atomic E-state index is 0.0324. The smallest absolute Gasteiger partial charge is 0.262 e. The Morgan fingerprint density at radius 2 is 0.850 bits per heavy atom. The molecule has 113 heavy (non-hydrogen) atoms. The quantitative estimate of drug-likeness (QED) is 0.0320. The van der Waals surface area contributed by atoms with E-state index in [9.17, 15) is 27.6 Å². The molecule has 34 heteroatoms. The summed E-state index contributed by atoms with van der Waals surface area (Å²) in [4.78, 5) is 89.7. The zero-order valence-electron chi connectivity index (χ0n) is 63.5. The predicted octanol–water partition coefficient (Wildman–Crippen LogP) is 12.8. The normalized spacial score (nSPS) is 13.9. The Hall–Kier alpha value is -12.8. The molecule has 0 saturated carbocycles. The van der Waals surface area contributed by atoms with Crippen LogP contribution in [0.15, 0.2) is 122 Å². The average Bonchev–Trinajstić information content (AvgIpc) is 1.70. The number of aromatic nitrogens is 10. The average molecular weight is 1550 g/mol. The molecule has 0 unspecified atom stereocenters. The molecular weight excluding hydrogens is 1470 g/mol. The molecule has 0 spiro atoms. The van der Waals surface area contributed by atoms with Crippen molar-refractivity contribution in [3.05, 3.63) is 191 Å². The SMILES string of the molecule is CCN(C)C(=O)c1c(Nc2ccc(N3CCNCC3)cn2)ncnc1Oc1cc(F)c2[nH]c(C)cc2c1F.CCN1CCN(c2ccc(Nc3ncnc(Oc4cc(F)c5[nH]c(C)cc5c4F)c3C(=O)NC)cc2)CC1.CNC(=O)c1c(Nc2ccc(N3CCN(C)CC3)cc2)ncnc1Oc1cc(F)c2[nH]c(C)cc2c1F. The van der Waals surface area contributed by atoms with Crippen molar-refractivity contribution < 1.29 is 54.9 Å². The van der Waals surface area contributed by atoms with Crippen LogP contribution in [0.2, 0.25) is 0 Å². The largest absolute Gasteiger partial charge is 0.435 e. The number of ether oxygens (including phenoxy) is 3. The van der Waals surface area contributed by atoms with Crippen LogP contribution in [0, 0.1) is 55.7 Å². The van der Waals surface area contributed by atoms with E-state index in [-0.39, 0.29) is 84.5 Å². The maximum absolute atomic E-state index is 15.3. The van der Waals surface area contributed by atoms with E-state index >= 15 is 13.2 Å². The number of benzene rings is 5. The van der Waals surface area contributed by atoms with Gasteiger partial charge in [0.15, 0.2) is 69.6 Å². The lowest BCUT2D eigenvalue weighted by Crippen LogP contribution is -2.46. The van der Waals surface area contributed by atoms with Gasteiger partial charge in [0.25, 0.3) is 17.7 Å². The molecule has 3 fully saturated rings. The fourth-order valence-electron chi connectivity index (χ4n) is 13.2. The van der Waals surface area contributed by atoms with Gasteiger partial charge in [-0.15, -0.1) is 0 Å². The number of anilines is 9. The van der Waals surface area contributed by atoms with Gasteiger partial charge in [-0.2, -0.15) is 0 Å². The molecule has 3 amide bonds. The molecular formula is C79H84F6N22O6. The Morgan fingerprint density at radius 3 is 1.23 bits per heavy atom. The summed E-state index contributed by atoms with van der Waals surface area (Å²) in [6.45, 7) is 21.9. The van der Waals surface area contributed by atoms with E-state index in [0.29, 0.717) is 40.8 Å². The summed E-state index contributed by atoms with van der Waals surface area (Å²) < 4.78 is 107. The number of pyridine rings is 1. The van der Waals surface area contributed by atoms with Crippen LogP contribution in [0.5, 0.6) is 34.9 Å². The second-order valence-electron chi connectivity index (χ2n) is 27.0. The molecule has 0 atom stereocenters. The number of aromatic amines is 3. The number of halogens is 6. The Morgan fingerprint density at radius 1 is 0.469 bits per heavy atom. The fraction of sp³-hybridized carbons (Fsp3) is 0.291. The summed E-state index contributed by atoms with van der Waals surface area (Å²) in [6.07, 6.45) is 5.32. The minimum Gasteiger partial charge on any atom is -0.435 e. The highest BCUT2D eigenvalue weighted by molar-refractivity contribution is 6.03. The number of rotatable bonds is 20. The van der Waals surface area contributed by atoms with E-state index in [1.807, 2.05) is 61.5 Å². The summed E-state index contributed by atoms with van der Waals surface area (Å²) in [6, 6.07) is 26.5. The van der Waals surface area contributed by atoms with Crippen LogP contribution in [0.3, 0.4) is 0 Å². The van der Waals surface area contributed by atoms with Gasteiger partial charge in [0, 0.05) is 180 Å². The molecule has 10 heterocycles. The topological polar surface area (TPSA) is 308 Å². The van der Waals surface area contributed by atoms with Crippen molar-refractivity contribution in [3.8, 4) is 34.9 Å². The van der Waals surface area contributed by atoms with E-state index in [1.54, 1.807) is 40.1 Å². The lowest BCUT2D eigenvalue weighted by molar-refractivity contribution is 0.0798. The number of H-pyrrole nitrogens is 3. The van der Waals surface area contributed by atoms with Crippen molar-refractivity contribution >= 4 is 102 Å². The number of piperazine rings is 3. The van der Waals surface area contributed by atoms with Gasteiger partial charge in [-0.3, -0.25) is 14.4 Å². The summed E-state index contributed by atoms with van der Waals surface area (Å²) in [5, 5.41) is 17.8. The number of fused-ring (bicyclic) bond motifs is 3. The second-order valence-corrected chi connectivity index (χ2v) is 27.0. The van der Waals surface area contributed by atoms with Gasteiger partial charge < -0.3 is 90.5 Å². The molecule has 0 bridgehead atoms. The number of hydrogen-bond acceptors (Lipinski definition) is 22. The van der Waals surface area contributed by atoms with Crippen molar-refractivity contribution in [1.29, 1.82) is 0 Å². The molecule has 588 valence electrons. The lowest BCUT2D eigenvalue weighted by atomic mass is 10.2. The van der Waals surface area contributed by atoms with E-state index in [1.165, 1.54) is 56.2 Å². The molecule has 28 nitrogen and oxygen atoms in total. The number of aryl methyl sites for hydroxylation is 3. The van der Waals surface area contributed by atoms with Crippen LogP contribution >= 0.6 is 0 Å². The summed E-state index contributed by atoms with van der Waals surface area (Å²) in [5.74, 6) is -6.84. The first kappa shape index (κ1) is 78.3. The second kappa shape index (κ2) is 34.6. The third-order valence-corrected chi connectivity index (χ3v) is 19.5. The number of likely N-dealkylation sites (N-methyl/N-ethyl adjacent to an activating group) is 2. The molecule has 5 aromatic carbocycles. The van der Waals surface area contributed by atoms with Gasteiger partial charge >= 0.3 is 0 Å². The number of carbonyl (C=O) groups excluding carboxylic acids is 3. The molecule has 7 aromatic heterocycles. The highest BCUT2D eigenvalue weighted by atomic mass is 19.1.